The molecule has 1 aliphatic carbocycles. The quantitative estimate of drug-likeness (QED) is 0.918. The number of aryl methyl sites for hydroxylation is 1. The zero-order valence-corrected chi connectivity index (χ0v) is 11.7. The Morgan fingerprint density at radius 2 is 2.16 bits per heavy atom. The zero-order valence-electron chi connectivity index (χ0n) is 10.9. The van der Waals surface area contributed by atoms with Crippen LogP contribution < -0.4 is 5.73 Å². The van der Waals surface area contributed by atoms with E-state index in [9.17, 15) is 0 Å². The van der Waals surface area contributed by atoms with E-state index in [2.05, 4.69) is 41.8 Å². The van der Waals surface area contributed by atoms with Crippen molar-refractivity contribution in [2.45, 2.75) is 31.5 Å². The van der Waals surface area contributed by atoms with Crippen molar-refractivity contribution >= 4 is 11.3 Å². The van der Waals surface area contributed by atoms with Crippen LogP contribution in [-0.4, -0.2) is 6.54 Å². The molecule has 2 atom stereocenters. The Morgan fingerprint density at radius 3 is 2.95 bits per heavy atom. The van der Waals surface area contributed by atoms with Gasteiger partial charge in [-0.2, -0.15) is 0 Å². The maximum absolute atomic E-state index is 6.30. The number of ether oxygens (including phenoxy) is 1. The van der Waals surface area contributed by atoms with E-state index < -0.39 is 0 Å². The smallest absolute Gasteiger partial charge is 0.105 e. The van der Waals surface area contributed by atoms with Crippen molar-refractivity contribution < 1.29 is 4.74 Å². The Balaban J connectivity index is 1.80. The van der Waals surface area contributed by atoms with E-state index in [1.807, 2.05) is 0 Å². The maximum atomic E-state index is 6.30. The van der Waals surface area contributed by atoms with E-state index in [-0.39, 0.29) is 12.2 Å². The highest BCUT2D eigenvalue weighted by molar-refractivity contribution is 7.10. The molecule has 0 saturated heterocycles. The zero-order chi connectivity index (χ0) is 13.1. The van der Waals surface area contributed by atoms with E-state index in [0.717, 1.165) is 6.42 Å². The molecule has 19 heavy (non-hydrogen) atoms. The molecule has 2 unspecified atom stereocenters. The van der Waals surface area contributed by atoms with Gasteiger partial charge in [-0.15, -0.1) is 11.3 Å². The van der Waals surface area contributed by atoms with Crippen molar-refractivity contribution in [3.05, 3.63) is 57.8 Å². The number of thiophene rings is 1. The van der Waals surface area contributed by atoms with Gasteiger partial charge in [0.15, 0.2) is 0 Å². The summed E-state index contributed by atoms with van der Waals surface area (Å²) in [4.78, 5) is 1.23. The fraction of sp³-hybridized carbons (Fsp3) is 0.375. The second-order valence-electron chi connectivity index (χ2n) is 4.96. The Bertz CT molecular complexity index is 523. The molecule has 0 radical (unpaired) electrons. The second kappa shape index (κ2) is 5.87. The molecule has 2 N–H and O–H groups in total. The van der Waals surface area contributed by atoms with Gasteiger partial charge in [0.2, 0.25) is 0 Å². The van der Waals surface area contributed by atoms with Gasteiger partial charge in [-0.25, -0.2) is 0 Å². The monoisotopic (exact) mass is 273 g/mol. The van der Waals surface area contributed by atoms with Gasteiger partial charge in [-0.3, -0.25) is 0 Å². The first-order valence-electron chi connectivity index (χ1n) is 6.85. The first-order valence-corrected chi connectivity index (χ1v) is 7.73. The van der Waals surface area contributed by atoms with E-state index in [1.54, 1.807) is 11.3 Å². The molecule has 1 aromatic heterocycles. The van der Waals surface area contributed by atoms with Crippen LogP contribution in [-0.2, 0) is 11.2 Å². The van der Waals surface area contributed by atoms with Gasteiger partial charge >= 0.3 is 0 Å². The van der Waals surface area contributed by atoms with Crippen molar-refractivity contribution in [1.29, 1.82) is 0 Å². The molecule has 3 rings (SSSR count). The third kappa shape index (κ3) is 2.73. The highest BCUT2D eigenvalue weighted by atomic mass is 32.1. The van der Waals surface area contributed by atoms with Gasteiger partial charge < -0.3 is 10.5 Å². The number of fused-ring (bicyclic) bond motifs is 1. The van der Waals surface area contributed by atoms with Crippen molar-refractivity contribution in [2.24, 2.45) is 5.73 Å². The molecule has 100 valence electrons. The standard InChI is InChI=1S/C16H19NOS/c17-11-15(16-9-4-10-19-16)18-14-8-3-6-12-5-1-2-7-13(12)14/h1-2,4-5,7,9-10,14-15H,3,6,8,11,17H2. The van der Waals surface area contributed by atoms with Crippen molar-refractivity contribution in [2.75, 3.05) is 6.54 Å². The third-order valence-corrected chi connectivity index (χ3v) is 4.68. The summed E-state index contributed by atoms with van der Waals surface area (Å²) in [7, 11) is 0. The number of hydrogen-bond acceptors (Lipinski definition) is 3. The van der Waals surface area contributed by atoms with E-state index in [4.69, 9.17) is 10.5 Å². The molecule has 0 spiro atoms. The first-order chi connectivity index (χ1) is 9.38. The number of benzene rings is 1. The number of nitrogens with two attached hydrogens (primary N) is 1. The van der Waals surface area contributed by atoms with Crippen LogP contribution in [0, 0.1) is 0 Å². The average molecular weight is 273 g/mol. The molecule has 3 heteroatoms. The Morgan fingerprint density at radius 1 is 1.26 bits per heavy atom. The molecule has 0 bridgehead atoms. The van der Waals surface area contributed by atoms with Gasteiger partial charge in [-0.05, 0) is 41.8 Å². The molecule has 1 aliphatic rings. The minimum atomic E-state index is 0.0242. The van der Waals surface area contributed by atoms with Crippen LogP contribution in [0.2, 0.25) is 0 Å². The van der Waals surface area contributed by atoms with Gasteiger partial charge in [0, 0.05) is 11.4 Å². The van der Waals surface area contributed by atoms with Crippen LogP contribution in [0.3, 0.4) is 0 Å². The summed E-state index contributed by atoms with van der Waals surface area (Å²) >= 11 is 1.72. The molecular formula is C16H19NOS. The molecule has 0 saturated carbocycles. The van der Waals surface area contributed by atoms with E-state index >= 15 is 0 Å². The lowest BCUT2D eigenvalue weighted by Gasteiger charge is -2.29. The minimum Gasteiger partial charge on any atom is -0.363 e. The summed E-state index contributed by atoms with van der Waals surface area (Å²) in [5.41, 5.74) is 8.66. The molecule has 0 fully saturated rings. The summed E-state index contributed by atoms with van der Waals surface area (Å²) in [5.74, 6) is 0. The average Bonchev–Trinajstić information content (AvgIpc) is 2.99. The molecule has 0 amide bonds. The lowest BCUT2D eigenvalue weighted by Crippen LogP contribution is -2.20. The normalized spacial score (nSPS) is 19.9. The van der Waals surface area contributed by atoms with Crippen molar-refractivity contribution in [3.63, 3.8) is 0 Å². The highest BCUT2D eigenvalue weighted by Crippen LogP contribution is 2.36. The van der Waals surface area contributed by atoms with Crippen LogP contribution in [0.25, 0.3) is 0 Å². The van der Waals surface area contributed by atoms with Gasteiger partial charge in [0.1, 0.15) is 6.10 Å². The van der Waals surface area contributed by atoms with Crippen LogP contribution in [0.5, 0.6) is 0 Å². The van der Waals surface area contributed by atoms with Gasteiger partial charge in [-0.1, -0.05) is 30.3 Å². The lowest BCUT2D eigenvalue weighted by atomic mass is 9.89. The van der Waals surface area contributed by atoms with Crippen LogP contribution in [0.1, 0.15) is 41.1 Å². The van der Waals surface area contributed by atoms with Gasteiger partial charge in [0.25, 0.3) is 0 Å². The molecular weight excluding hydrogens is 254 g/mol. The number of hydrogen-bond donors (Lipinski definition) is 1. The largest absolute Gasteiger partial charge is 0.363 e. The van der Waals surface area contributed by atoms with Crippen LogP contribution in [0.15, 0.2) is 41.8 Å². The fourth-order valence-corrected chi connectivity index (χ4v) is 3.54. The SMILES string of the molecule is NCC(OC1CCCc2ccccc21)c1cccs1. The Labute approximate surface area is 118 Å². The van der Waals surface area contributed by atoms with Crippen LogP contribution in [0.4, 0.5) is 0 Å². The summed E-state index contributed by atoms with van der Waals surface area (Å²) in [5, 5.41) is 2.08. The van der Waals surface area contributed by atoms with E-state index in [1.165, 1.54) is 28.8 Å². The Hall–Kier alpha value is -1.16. The summed E-state index contributed by atoms with van der Waals surface area (Å²) in [6.07, 6.45) is 3.68. The predicted molar refractivity (Wildman–Crippen MR) is 79.3 cm³/mol. The van der Waals surface area contributed by atoms with Crippen molar-refractivity contribution in [1.82, 2.24) is 0 Å². The maximum Gasteiger partial charge on any atom is 0.105 e. The molecule has 2 aromatic rings. The van der Waals surface area contributed by atoms with Gasteiger partial charge in [0.05, 0.1) is 6.10 Å². The summed E-state index contributed by atoms with van der Waals surface area (Å²) in [6, 6.07) is 12.8. The van der Waals surface area contributed by atoms with Crippen molar-refractivity contribution in [3.8, 4) is 0 Å². The summed E-state index contributed by atoms with van der Waals surface area (Å²) in [6.45, 7) is 0.541. The second-order valence-corrected chi connectivity index (χ2v) is 5.93. The molecule has 1 aromatic carbocycles. The first kappa shape index (κ1) is 12.9. The highest BCUT2D eigenvalue weighted by Gasteiger charge is 2.24. The number of rotatable bonds is 4. The molecule has 0 aliphatic heterocycles. The summed E-state index contributed by atoms with van der Waals surface area (Å²) < 4.78 is 6.30. The molecule has 2 nitrogen and oxygen atoms in total. The lowest BCUT2D eigenvalue weighted by molar-refractivity contribution is -0.0173. The minimum absolute atomic E-state index is 0.0242. The predicted octanol–water partition coefficient (Wildman–Crippen LogP) is 3.84. The topological polar surface area (TPSA) is 35.2 Å². The fourth-order valence-electron chi connectivity index (χ4n) is 2.76. The van der Waals surface area contributed by atoms with E-state index in [0.29, 0.717) is 6.54 Å². The third-order valence-electron chi connectivity index (χ3n) is 3.72. The van der Waals surface area contributed by atoms with Crippen LogP contribution >= 0.6 is 11.3 Å². The molecule has 1 heterocycles. The Kier molecular flexibility index (Phi) is 3.97.